The van der Waals surface area contributed by atoms with E-state index in [9.17, 15) is 4.79 Å². The molecule has 0 unspecified atom stereocenters. The SMILES string of the molecule is C=C(C)C1=CC=C(C)C(=O)C1. The number of carbonyl (C=O) groups excluding carboxylic acids is 1. The van der Waals surface area contributed by atoms with Crippen LogP contribution in [0.3, 0.4) is 0 Å². The van der Waals surface area contributed by atoms with Gasteiger partial charge in [-0.2, -0.15) is 0 Å². The molecule has 1 nitrogen and oxygen atoms in total. The fraction of sp³-hybridized carbons (Fsp3) is 0.300. The molecular formula is C10H12O. The Balaban J connectivity index is 2.90. The summed E-state index contributed by atoms with van der Waals surface area (Å²) in [5.74, 6) is 0.213. The molecule has 0 atom stereocenters. The third-order valence-corrected chi connectivity index (χ3v) is 1.87. The highest BCUT2D eigenvalue weighted by atomic mass is 16.1. The molecule has 0 fully saturated rings. The van der Waals surface area contributed by atoms with Gasteiger partial charge in [-0.1, -0.05) is 24.3 Å². The average molecular weight is 148 g/mol. The molecule has 1 aliphatic rings. The Morgan fingerprint density at radius 3 is 2.64 bits per heavy atom. The summed E-state index contributed by atoms with van der Waals surface area (Å²) in [6.45, 7) is 7.55. The summed E-state index contributed by atoms with van der Waals surface area (Å²) in [5, 5.41) is 0. The van der Waals surface area contributed by atoms with Crippen LogP contribution < -0.4 is 0 Å². The maximum Gasteiger partial charge on any atom is 0.162 e. The molecule has 58 valence electrons. The average Bonchev–Trinajstić information content (AvgIpc) is 1.94. The van der Waals surface area contributed by atoms with Crippen LogP contribution in [0.25, 0.3) is 0 Å². The lowest BCUT2D eigenvalue weighted by molar-refractivity contribution is -0.114. The maximum absolute atomic E-state index is 11.2. The second-order valence-corrected chi connectivity index (χ2v) is 2.92. The van der Waals surface area contributed by atoms with Gasteiger partial charge in [0, 0.05) is 6.42 Å². The monoisotopic (exact) mass is 148 g/mol. The lowest BCUT2D eigenvalue weighted by atomic mass is 9.94. The van der Waals surface area contributed by atoms with Crippen molar-refractivity contribution >= 4 is 5.78 Å². The van der Waals surface area contributed by atoms with Crippen molar-refractivity contribution in [3.8, 4) is 0 Å². The van der Waals surface area contributed by atoms with Gasteiger partial charge in [-0.25, -0.2) is 0 Å². The molecule has 0 saturated heterocycles. The fourth-order valence-electron chi connectivity index (χ4n) is 0.983. The van der Waals surface area contributed by atoms with Gasteiger partial charge in [-0.3, -0.25) is 4.79 Å². The Morgan fingerprint density at radius 2 is 2.18 bits per heavy atom. The normalized spacial score (nSPS) is 17.5. The molecule has 0 saturated carbocycles. The summed E-state index contributed by atoms with van der Waals surface area (Å²) in [4.78, 5) is 11.2. The fourth-order valence-corrected chi connectivity index (χ4v) is 0.983. The standard InChI is InChI=1S/C10H12O/c1-7(2)9-5-4-8(3)10(11)6-9/h4-5H,1,6H2,2-3H3. The Bertz CT molecular complexity index is 267. The summed E-state index contributed by atoms with van der Waals surface area (Å²) in [7, 11) is 0. The van der Waals surface area contributed by atoms with E-state index >= 15 is 0 Å². The third-order valence-electron chi connectivity index (χ3n) is 1.87. The lowest BCUT2D eigenvalue weighted by Gasteiger charge is -2.09. The predicted octanol–water partition coefficient (Wildman–Crippen LogP) is 2.41. The first-order valence-electron chi connectivity index (χ1n) is 3.68. The van der Waals surface area contributed by atoms with Gasteiger partial charge in [0.2, 0.25) is 0 Å². The van der Waals surface area contributed by atoms with Crippen molar-refractivity contribution in [1.82, 2.24) is 0 Å². The second kappa shape index (κ2) is 2.87. The van der Waals surface area contributed by atoms with E-state index in [1.54, 1.807) is 0 Å². The zero-order chi connectivity index (χ0) is 8.43. The predicted molar refractivity (Wildman–Crippen MR) is 46.3 cm³/mol. The minimum absolute atomic E-state index is 0.213. The second-order valence-electron chi connectivity index (χ2n) is 2.92. The van der Waals surface area contributed by atoms with E-state index in [-0.39, 0.29) is 5.78 Å². The number of Topliss-reactive ketones (excluding diaryl/α,β-unsaturated/α-hetero) is 1. The molecule has 0 radical (unpaired) electrons. The Kier molecular flexibility index (Phi) is 2.08. The molecule has 0 aromatic heterocycles. The lowest BCUT2D eigenvalue weighted by Crippen LogP contribution is -2.05. The third kappa shape index (κ3) is 1.67. The molecule has 0 N–H and O–H groups in total. The van der Waals surface area contributed by atoms with Crippen LogP contribution in [0.1, 0.15) is 20.3 Å². The van der Waals surface area contributed by atoms with E-state index in [0.29, 0.717) is 6.42 Å². The zero-order valence-corrected chi connectivity index (χ0v) is 6.98. The van der Waals surface area contributed by atoms with Crippen molar-refractivity contribution in [1.29, 1.82) is 0 Å². The molecule has 0 aliphatic heterocycles. The van der Waals surface area contributed by atoms with E-state index in [0.717, 1.165) is 16.7 Å². The quantitative estimate of drug-likeness (QED) is 0.558. The minimum atomic E-state index is 0.213. The zero-order valence-electron chi connectivity index (χ0n) is 6.98. The van der Waals surface area contributed by atoms with Crippen molar-refractivity contribution < 1.29 is 4.79 Å². The number of carbonyl (C=O) groups is 1. The number of allylic oxidation sites excluding steroid dienone is 5. The summed E-state index contributed by atoms with van der Waals surface area (Å²) in [5.41, 5.74) is 2.89. The van der Waals surface area contributed by atoms with Crippen LogP contribution in [-0.4, -0.2) is 5.78 Å². The first-order valence-corrected chi connectivity index (χ1v) is 3.68. The number of hydrogen-bond acceptors (Lipinski definition) is 1. The molecule has 0 aromatic rings. The first-order chi connectivity index (χ1) is 5.11. The van der Waals surface area contributed by atoms with Gasteiger partial charge in [0.25, 0.3) is 0 Å². The Morgan fingerprint density at radius 1 is 1.55 bits per heavy atom. The van der Waals surface area contributed by atoms with E-state index in [4.69, 9.17) is 0 Å². The minimum Gasteiger partial charge on any atom is -0.294 e. The summed E-state index contributed by atoms with van der Waals surface area (Å²) >= 11 is 0. The van der Waals surface area contributed by atoms with Gasteiger partial charge >= 0.3 is 0 Å². The van der Waals surface area contributed by atoms with Gasteiger partial charge in [-0.15, -0.1) is 0 Å². The number of hydrogen-bond donors (Lipinski definition) is 0. The molecule has 0 amide bonds. The number of rotatable bonds is 1. The molecule has 1 aliphatic carbocycles. The van der Waals surface area contributed by atoms with Crippen LogP contribution >= 0.6 is 0 Å². The van der Waals surface area contributed by atoms with Gasteiger partial charge < -0.3 is 0 Å². The van der Waals surface area contributed by atoms with Gasteiger partial charge in [0.1, 0.15) is 0 Å². The largest absolute Gasteiger partial charge is 0.294 e. The highest BCUT2D eigenvalue weighted by Crippen LogP contribution is 2.19. The van der Waals surface area contributed by atoms with Crippen molar-refractivity contribution in [3.05, 3.63) is 35.5 Å². The molecular weight excluding hydrogens is 136 g/mol. The van der Waals surface area contributed by atoms with Crippen molar-refractivity contribution in [2.24, 2.45) is 0 Å². The molecule has 1 heteroatoms. The smallest absolute Gasteiger partial charge is 0.162 e. The van der Waals surface area contributed by atoms with Crippen molar-refractivity contribution in [2.75, 3.05) is 0 Å². The number of ketones is 1. The van der Waals surface area contributed by atoms with Crippen molar-refractivity contribution in [3.63, 3.8) is 0 Å². The van der Waals surface area contributed by atoms with E-state index in [2.05, 4.69) is 6.58 Å². The highest BCUT2D eigenvalue weighted by molar-refractivity contribution is 5.98. The molecule has 0 bridgehead atoms. The van der Waals surface area contributed by atoms with Crippen LogP contribution in [-0.2, 0) is 4.79 Å². The van der Waals surface area contributed by atoms with Crippen LogP contribution in [0, 0.1) is 0 Å². The Labute approximate surface area is 67.1 Å². The van der Waals surface area contributed by atoms with Crippen LogP contribution in [0.15, 0.2) is 35.5 Å². The van der Waals surface area contributed by atoms with Gasteiger partial charge in [0.05, 0.1) is 0 Å². The molecule has 1 rings (SSSR count). The molecule has 11 heavy (non-hydrogen) atoms. The summed E-state index contributed by atoms with van der Waals surface area (Å²) in [6, 6.07) is 0. The van der Waals surface area contributed by atoms with E-state index in [1.165, 1.54) is 0 Å². The molecule has 0 heterocycles. The molecule has 0 aromatic carbocycles. The van der Waals surface area contributed by atoms with Crippen LogP contribution in [0.5, 0.6) is 0 Å². The van der Waals surface area contributed by atoms with Crippen molar-refractivity contribution in [2.45, 2.75) is 20.3 Å². The van der Waals surface area contributed by atoms with E-state index < -0.39 is 0 Å². The van der Waals surface area contributed by atoms with Gasteiger partial charge in [-0.05, 0) is 25.0 Å². The van der Waals surface area contributed by atoms with E-state index in [1.807, 2.05) is 26.0 Å². The van der Waals surface area contributed by atoms with Crippen LogP contribution in [0.2, 0.25) is 0 Å². The molecule has 0 spiro atoms. The topological polar surface area (TPSA) is 17.1 Å². The Hall–Kier alpha value is -1.11. The maximum atomic E-state index is 11.2. The van der Waals surface area contributed by atoms with Gasteiger partial charge in [0.15, 0.2) is 5.78 Å². The summed E-state index contributed by atoms with van der Waals surface area (Å²) in [6.07, 6.45) is 4.35. The highest BCUT2D eigenvalue weighted by Gasteiger charge is 2.11. The first kappa shape index (κ1) is 7.99. The van der Waals surface area contributed by atoms with Crippen LogP contribution in [0.4, 0.5) is 0 Å². The summed E-state index contributed by atoms with van der Waals surface area (Å²) < 4.78 is 0.